The first-order valence-corrected chi connectivity index (χ1v) is 11.2. The summed E-state index contributed by atoms with van der Waals surface area (Å²) in [4.78, 5) is 0. The van der Waals surface area contributed by atoms with E-state index in [-0.39, 0.29) is 10.8 Å². The molecule has 0 fully saturated rings. The van der Waals surface area contributed by atoms with Gasteiger partial charge in [0.2, 0.25) is 0 Å². The van der Waals surface area contributed by atoms with Crippen molar-refractivity contribution >= 4 is 0 Å². The lowest BCUT2D eigenvalue weighted by Gasteiger charge is -2.33. The average Bonchev–Trinajstić information content (AvgIpc) is 3.24. The lowest BCUT2D eigenvalue weighted by Crippen LogP contribution is -2.24. The highest BCUT2D eigenvalue weighted by molar-refractivity contribution is 5.70. The first-order chi connectivity index (χ1) is 14.4. The molecular formula is C27H36O4. The Balaban J connectivity index is 2.09. The van der Waals surface area contributed by atoms with Crippen LogP contribution in [0.1, 0.15) is 87.8 Å². The molecule has 0 aromatic heterocycles. The third-order valence-electron chi connectivity index (χ3n) is 7.35. The zero-order chi connectivity index (χ0) is 22.9. The molecule has 0 heterocycles. The summed E-state index contributed by atoms with van der Waals surface area (Å²) >= 11 is 0. The Hall–Kier alpha value is -2.36. The van der Waals surface area contributed by atoms with Crippen LogP contribution in [0.4, 0.5) is 0 Å². The Labute approximate surface area is 186 Å². The second-order valence-electron chi connectivity index (χ2n) is 11.2. The molecular weight excluding hydrogens is 388 g/mol. The first-order valence-electron chi connectivity index (χ1n) is 11.2. The van der Waals surface area contributed by atoms with Crippen molar-refractivity contribution in [2.45, 2.75) is 83.5 Å². The fraction of sp³-hybridized carbons (Fsp3) is 0.556. The number of aromatic hydroxyl groups is 2. The fourth-order valence-corrected chi connectivity index (χ4v) is 5.84. The van der Waals surface area contributed by atoms with Crippen molar-refractivity contribution in [1.29, 1.82) is 0 Å². The van der Waals surface area contributed by atoms with Crippen molar-refractivity contribution in [1.82, 2.24) is 0 Å². The standard InChI is InChI=1S/C27H36O4/c1-25(2,3)17-13-19(30-7)15-9-11-27(21(15)23(17)28)12-10-16-20(31-8)14-18(26(4,5)6)24(29)22(16)27/h13-14,28-29H,9-12H2,1-8H3. The molecule has 2 aliphatic carbocycles. The Bertz CT molecular complexity index is 965. The highest BCUT2D eigenvalue weighted by Crippen LogP contribution is 2.62. The Kier molecular flexibility index (Phi) is 4.81. The molecule has 4 nitrogen and oxygen atoms in total. The van der Waals surface area contributed by atoms with Gasteiger partial charge in [-0.1, -0.05) is 41.5 Å². The van der Waals surface area contributed by atoms with Crippen LogP contribution in [-0.4, -0.2) is 24.4 Å². The SMILES string of the molecule is COc1cc(C(C)(C)C)c(O)c2c1CCC21CCc2c(OC)cc(C(C)(C)C)c(O)c21. The van der Waals surface area contributed by atoms with Crippen LogP contribution in [0.25, 0.3) is 0 Å². The Morgan fingerprint density at radius 3 is 1.35 bits per heavy atom. The second kappa shape index (κ2) is 6.82. The summed E-state index contributed by atoms with van der Waals surface area (Å²) in [5, 5.41) is 23.2. The highest BCUT2D eigenvalue weighted by Gasteiger charge is 2.51. The molecule has 168 valence electrons. The van der Waals surface area contributed by atoms with Gasteiger partial charge in [0.05, 0.1) is 14.2 Å². The predicted octanol–water partition coefficient (Wildman–Crippen LogP) is 5.89. The minimum absolute atomic E-state index is 0.232. The maximum Gasteiger partial charge on any atom is 0.123 e. The topological polar surface area (TPSA) is 58.9 Å². The molecule has 0 radical (unpaired) electrons. The number of phenols is 2. The zero-order valence-electron chi connectivity index (χ0n) is 20.2. The van der Waals surface area contributed by atoms with Crippen LogP contribution in [0.2, 0.25) is 0 Å². The summed E-state index contributed by atoms with van der Waals surface area (Å²) in [6.07, 6.45) is 3.32. The van der Waals surface area contributed by atoms with Gasteiger partial charge in [-0.25, -0.2) is 0 Å². The maximum atomic E-state index is 11.6. The van der Waals surface area contributed by atoms with Crippen LogP contribution < -0.4 is 9.47 Å². The number of benzene rings is 2. The molecule has 2 aromatic rings. The van der Waals surface area contributed by atoms with Crippen LogP contribution in [0.15, 0.2) is 12.1 Å². The summed E-state index contributed by atoms with van der Waals surface area (Å²) in [7, 11) is 3.40. The van der Waals surface area contributed by atoms with Gasteiger partial charge < -0.3 is 19.7 Å². The van der Waals surface area contributed by atoms with Crippen molar-refractivity contribution in [3.8, 4) is 23.0 Å². The molecule has 2 aromatic carbocycles. The molecule has 2 N–H and O–H groups in total. The Morgan fingerprint density at radius 1 is 0.710 bits per heavy atom. The van der Waals surface area contributed by atoms with Crippen molar-refractivity contribution in [2.75, 3.05) is 14.2 Å². The van der Waals surface area contributed by atoms with E-state index in [4.69, 9.17) is 9.47 Å². The molecule has 0 bridgehead atoms. The van der Waals surface area contributed by atoms with E-state index in [9.17, 15) is 10.2 Å². The minimum Gasteiger partial charge on any atom is -0.507 e. The fourth-order valence-electron chi connectivity index (χ4n) is 5.84. The summed E-state index contributed by atoms with van der Waals surface area (Å²) in [6, 6.07) is 3.99. The van der Waals surface area contributed by atoms with Gasteiger partial charge in [0.1, 0.15) is 23.0 Å². The summed E-state index contributed by atoms with van der Waals surface area (Å²) in [5.41, 5.74) is 4.91. The van der Waals surface area contributed by atoms with Gasteiger partial charge in [-0.15, -0.1) is 0 Å². The molecule has 0 amide bonds. The van der Waals surface area contributed by atoms with Crippen LogP contribution in [0.5, 0.6) is 23.0 Å². The maximum absolute atomic E-state index is 11.6. The summed E-state index contributed by atoms with van der Waals surface area (Å²) in [6.45, 7) is 12.6. The predicted molar refractivity (Wildman–Crippen MR) is 124 cm³/mol. The van der Waals surface area contributed by atoms with Gasteiger partial charge in [-0.05, 0) is 48.6 Å². The third kappa shape index (κ3) is 3.01. The Morgan fingerprint density at radius 2 is 1.06 bits per heavy atom. The molecule has 0 aliphatic heterocycles. The molecule has 2 aliphatic rings. The third-order valence-corrected chi connectivity index (χ3v) is 7.35. The molecule has 0 saturated carbocycles. The minimum atomic E-state index is -0.429. The number of hydrogen-bond acceptors (Lipinski definition) is 4. The number of rotatable bonds is 2. The zero-order valence-corrected chi connectivity index (χ0v) is 20.2. The average molecular weight is 425 g/mol. The smallest absolute Gasteiger partial charge is 0.123 e. The molecule has 1 spiro atoms. The number of ether oxygens (including phenoxy) is 2. The van der Waals surface area contributed by atoms with E-state index in [1.807, 2.05) is 12.1 Å². The lowest BCUT2D eigenvalue weighted by atomic mass is 9.72. The second-order valence-corrected chi connectivity index (χ2v) is 11.2. The van der Waals surface area contributed by atoms with E-state index in [1.54, 1.807) is 14.2 Å². The molecule has 0 unspecified atom stereocenters. The number of fused-ring (bicyclic) bond motifs is 4. The van der Waals surface area contributed by atoms with E-state index < -0.39 is 5.41 Å². The molecule has 4 heteroatoms. The van der Waals surface area contributed by atoms with Crippen LogP contribution in [0.3, 0.4) is 0 Å². The quantitative estimate of drug-likeness (QED) is 0.631. The van der Waals surface area contributed by atoms with E-state index in [2.05, 4.69) is 41.5 Å². The number of methoxy groups -OCH3 is 2. The number of hydrogen-bond donors (Lipinski definition) is 2. The van der Waals surface area contributed by atoms with Gasteiger partial charge in [-0.3, -0.25) is 0 Å². The summed E-state index contributed by atoms with van der Waals surface area (Å²) in [5.74, 6) is 2.38. The van der Waals surface area contributed by atoms with Gasteiger partial charge in [-0.2, -0.15) is 0 Å². The van der Waals surface area contributed by atoms with Crippen molar-refractivity contribution in [2.24, 2.45) is 0 Å². The van der Waals surface area contributed by atoms with E-state index in [0.717, 1.165) is 70.6 Å². The molecule has 0 atom stereocenters. The van der Waals surface area contributed by atoms with Crippen molar-refractivity contribution < 1.29 is 19.7 Å². The van der Waals surface area contributed by atoms with Crippen molar-refractivity contribution in [3.05, 3.63) is 45.5 Å². The first kappa shape index (κ1) is 21.9. The van der Waals surface area contributed by atoms with Gasteiger partial charge in [0.15, 0.2) is 0 Å². The monoisotopic (exact) mass is 424 g/mol. The highest BCUT2D eigenvalue weighted by atomic mass is 16.5. The van der Waals surface area contributed by atoms with Gasteiger partial charge >= 0.3 is 0 Å². The normalized spacial score (nSPS) is 17.0. The number of phenolic OH excluding ortho intramolecular Hbond substituents is 2. The van der Waals surface area contributed by atoms with E-state index >= 15 is 0 Å². The van der Waals surface area contributed by atoms with E-state index in [0.29, 0.717) is 11.5 Å². The van der Waals surface area contributed by atoms with Crippen LogP contribution in [-0.2, 0) is 29.1 Å². The lowest BCUT2D eigenvalue weighted by molar-refractivity contribution is 0.387. The largest absolute Gasteiger partial charge is 0.507 e. The molecule has 31 heavy (non-hydrogen) atoms. The van der Waals surface area contributed by atoms with Crippen molar-refractivity contribution in [3.63, 3.8) is 0 Å². The molecule has 4 rings (SSSR count). The van der Waals surface area contributed by atoms with E-state index in [1.165, 1.54) is 0 Å². The molecule has 0 saturated heterocycles. The van der Waals surface area contributed by atoms with Crippen LogP contribution in [0, 0.1) is 0 Å². The van der Waals surface area contributed by atoms with Crippen LogP contribution >= 0.6 is 0 Å². The van der Waals surface area contributed by atoms with Gasteiger partial charge in [0.25, 0.3) is 0 Å². The summed E-state index contributed by atoms with van der Waals surface area (Å²) < 4.78 is 11.6. The van der Waals surface area contributed by atoms with Gasteiger partial charge in [0, 0.05) is 38.8 Å².